The van der Waals surface area contributed by atoms with E-state index in [2.05, 4.69) is 36.5 Å². The highest BCUT2D eigenvalue weighted by Gasteiger charge is 2.36. The number of carbonyl (C=O) groups excluding carboxylic acids is 3. The maximum Gasteiger partial charge on any atom is 0.262 e. The molecule has 0 saturated heterocycles. The summed E-state index contributed by atoms with van der Waals surface area (Å²) in [6.45, 7) is 2.22. The van der Waals surface area contributed by atoms with Crippen LogP contribution in [-0.4, -0.2) is 54.7 Å². The number of nitrogens with zero attached hydrogens (tertiary/aromatic N) is 2. The third kappa shape index (κ3) is 3.97. The lowest BCUT2D eigenvalue weighted by atomic mass is 10.0. The van der Waals surface area contributed by atoms with Crippen molar-refractivity contribution in [2.45, 2.75) is 19.4 Å². The average molecular weight is 379 g/mol. The second kappa shape index (κ2) is 8.35. The molecule has 1 atom stereocenters. The lowest BCUT2D eigenvalue weighted by Crippen LogP contribution is -2.42. The summed E-state index contributed by atoms with van der Waals surface area (Å²) in [6, 6.07) is 14.9. The fraction of sp³-hybridized carbons (Fsp3) is 0.318. The van der Waals surface area contributed by atoms with Crippen molar-refractivity contribution in [1.29, 1.82) is 0 Å². The van der Waals surface area contributed by atoms with Crippen molar-refractivity contribution in [3.05, 3.63) is 70.8 Å². The van der Waals surface area contributed by atoms with Gasteiger partial charge in [-0.3, -0.25) is 19.3 Å². The van der Waals surface area contributed by atoms with Crippen LogP contribution < -0.4 is 5.32 Å². The monoisotopic (exact) mass is 379 g/mol. The van der Waals surface area contributed by atoms with Gasteiger partial charge in [-0.2, -0.15) is 0 Å². The molecule has 1 aliphatic heterocycles. The zero-order valence-corrected chi connectivity index (χ0v) is 16.4. The van der Waals surface area contributed by atoms with E-state index in [0.29, 0.717) is 17.7 Å². The topological polar surface area (TPSA) is 69.7 Å². The molecule has 0 bridgehead atoms. The van der Waals surface area contributed by atoms with Gasteiger partial charge in [0.25, 0.3) is 11.8 Å². The minimum absolute atomic E-state index is 0.00275. The minimum atomic E-state index is -0.421. The van der Waals surface area contributed by atoms with Gasteiger partial charge in [-0.1, -0.05) is 43.3 Å². The van der Waals surface area contributed by atoms with E-state index in [1.54, 1.807) is 24.3 Å². The lowest BCUT2D eigenvalue weighted by molar-refractivity contribution is -0.121. The van der Waals surface area contributed by atoms with Crippen molar-refractivity contribution in [2.24, 2.45) is 0 Å². The van der Waals surface area contributed by atoms with Crippen molar-refractivity contribution in [3.8, 4) is 0 Å². The highest BCUT2D eigenvalue weighted by Crippen LogP contribution is 2.22. The van der Waals surface area contributed by atoms with Crippen molar-refractivity contribution < 1.29 is 14.4 Å². The van der Waals surface area contributed by atoms with Crippen LogP contribution >= 0.6 is 0 Å². The van der Waals surface area contributed by atoms with E-state index in [4.69, 9.17) is 0 Å². The zero-order chi connectivity index (χ0) is 20.3. The first kappa shape index (κ1) is 19.8. The standard InChI is InChI=1S/C22H25N3O3/c1-4-15-9-11-16(12-10-15)19(24(2)3)13-23-20(26)14-25-21(27)17-7-5-6-8-18(17)22(25)28/h5-12,19H,4,13-14H2,1-3H3,(H,23,26)/t19-/m1/s1. The molecule has 28 heavy (non-hydrogen) atoms. The van der Waals surface area contributed by atoms with Crippen LogP contribution in [0.3, 0.4) is 0 Å². The number of fused-ring (bicyclic) bond motifs is 1. The Bertz CT molecular complexity index is 855. The number of amides is 3. The molecule has 0 unspecified atom stereocenters. The van der Waals surface area contributed by atoms with E-state index in [9.17, 15) is 14.4 Å². The van der Waals surface area contributed by atoms with E-state index in [1.165, 1.54) is 5.56 Å². The van der Waals surface area contributed by atoms with Crippen LogP contribution in [0.2, 0.25) is 0 Å². The number of hydrogen-bond donors (Lipinski definition) is 1. The number of benzene rings is 2. The third-order valence-electron chi connectivity index (χ3n) is 5.07. The summed E-state index contributed by atoms with van der Waals surface area (Å²) in [5, 5.41) is 2.86. The quantitative estimate of drug-likeness (QED) is 0.750. The summed E-state index contributed by atoms with van der Waals surface area (Å²) in [6.07, 6.45) is 0.976. The molecule has 0 saturated carbocycles. The van der Waals surface area contributed by atoms with Crippen molar-refractivity contribution >= 4 is 17.7 Å². The summed E-state index contributed by atoms with van der Waals surface area (Å²) < 4.78 is 0. The number of likely N-dealkylation sites (N-methyl/N-ethyl adjacent to an activating group) is 1. The Morgan fingerprint density at radius 1 is 1.00 bits per heavy atom. The fourth-order valence-corrected chi connectivity index (χ4v) is 3.37. The SMILES string of the molecule is CCc1ccc([C@@H](CNC(=O)CN2C(=O)c3ccccc3C2=O)N(C)C)cc1. The number of carbonyl (C=O) groups is 3. The van der Waals surface area contributed by atoms with Gasteiger partial charge in [0, 0.05) is 6.54 Å². The fourth-order valence-electron chi connectivity index (χ4n) is 3.37. The maximum absolute atomic E-state index is 12.4. The molecule has 1 aliphatic rings. The summed E-state index contributed by atoms with van der Waals surface area (Å²) in [5.74, 6) is -1.20. The molecule has 0 aromatic heterocycles. The van der Waals surface area contributed by atoms with Gasteiger partial charge in [0.1, 0.15) is 6.54 Å². The van der Waals surface area contributed by atoms with E-state index in [1.807, 2.05) is 19.0 Å². The summed E-state index contributed by atoms with van der Waals surface area (Å²) in [5.41, 5.74) is 3.06. The normalized spacial score (nSPS) is 14.4. The number of aryl methyl sites for hydroxylation is 1. The van der Waals surface area contributed by atoms with E-state index >= 15 is 0 Å². The molecule has 2 aromatic carbocycles. The second-order valence-electron chi connectivity index (χ2n) is 7.12. The molecular weight excluding hydrogens is 354 g/mol. The lowest BCUT2D eigenvalue weighted by Gasteiger charge is -2.25. The molecule has 3 rings (SSSR count). The van der Waals surface area contributed by atoms with Gasteiger partial charge in [0.05, 0.1) is 17.2 Å². The van der Waals surface area contributed by atoms with Crippen LogP contribution in [0.4, 0.5) is 0 Å². The molecule has 0 aliphatic carbocycles. The van der Waals surface area contributed by atoms with Crippen molar-refractivity contribution in [3.63, 3.8) is 0 Å². The summed E-state index contributed by atoms with van der Waals surface area (Å²) in [7, 11) is 3.91. The first-order valence-electron chi connectivity index (χ1n) is 9.39. The van der Waals surface area contributed by atoms with Crippen LogP contribution in [0.15, 0.2) is 48.5 Å². The molecule has 0 spiro atoms. The first-order valence-corrected chi connectivity index (χ1v) is 9.39. The van der Waals surface area contributed by atoms with Crippen LogP contribution in [0, 0.1) is 0 Å². The predicted molar refractivity (Wildman–Crippen MR) is 107 cm³/mol. The van der Waals surface area contributed by atoms with E-state index in [0.717, 1.165) is 16.9 Å². The van der Waals surface area contributed by atoms with E-state index < -0.39 is 11.8 Å². The van der Waals surface area contributed by atoms with Gasteiger partial charge in [0.15, 0.2) is 0 Å². The predicted octanol–water partition coefficient (Wildman–Crippen LogP) is 2.26. The molecule has 146 valence electrons. The van der Waals surface area contributed by atoms with Gasteiger partial charge in [-0.15, -0.1) is 0 Å². The highest BCUT2D eigenvalue weighted by molar-refractivity contribution is 6.22. The Morgan fingerprint density at radius 2 is 1.57 bits per heavy atom. The van der Waals surface area contributed by atoms with Gasteiger partial charge >= 0.3 is 0 Å². The van der Waals surface area contributed by atoms with Crippen LogP contribution in [0.5, 0.6) is 0 Å². The molecule has 2 aromatic rings. The van der Waals surface area contributed by atoms with E-state index in [-0.39, 0.29) is 18.5 Å². The Labute approximate surface area is 165 Å². The Hall–Kier alpha value is -2.99. The van der Waals surface area contributed by atoms with Crippen molar-refractivity contribution in [1.82, 2.24) is 15.1 Å². The summed E-state index contributed by atoms with van der Waals surface area (Å²) in [4.78, 5) is 40.2. The van der Waals surface area contributed by atoms with Gasteiger partial charge in [0.2, 0.25) is 5.91 Å². The smallest absolute Gasteiger partial charge is 0.262 e. The molecule has 3 amide bonds. The molecule has 6 nitrogen and oxygen atoms in total. The van der Waals surface area contributed by atoms with Crippen LogP contribution in [0.1, 0.15) is 44.8 Å². The van der Waals surface area contributed by atoms with Gasteiger partial charge in [-0.25, -0.2) is 0 Å². The van der Waals surface area contributed by atoms with Crippen LogP contribution in [0.25, 0.3) is 0 Å². The molecule has 1 N–H and O–H groups in total. The maximum atomic E-state index is 12.4. The third-order valence-corrected chi connectivity index (χ3v) is 5.07. The van der Waals surface area contributed by atoms with Crippen molar-refractivity contribution in [2.75, 3.05) is 27.2 Å². The molecule has 1 heterocycles. The Morgan fingerprint density at radius 3 is 2.07 bits per heavy atom. The average Bonchev–Trinajstić information content (AvgIpc) is 2.93. The zero-order valence-electron chi connectivity index (χ0n) is 16.4. The number of imide groups is 1. The molecular formula is C22H25N3O3. The first-order chi connectivity index (χ1) is 13.4. The van der Waals surface area contributed by atoms with Crippen LogP contribution in [-0.2, 0) is 11.2 Å². The number of nitrogens with one attached hydrogen (secondary N) is 1. The summed E-state index contributed by atoms with van der Waals surface area (Å²) >= 11 is 0. The second-order valence-corrected chi connectivity index (χ2v) is 7.12. The molecule has 0 radical (unpaired) electrons. The van der Waals surface area contributed by atoms with Gasteiger partial charge in [-0.05, 0) is 43.8 Å². The minimum Gasteiger partial charge on any atom is -0.353 e. The van der Waals surface area contributed by atoms with Gasteiger partial charge < -0.3 is 10.2 Å². The Balaban J connectivity index is 1.62. The largest absolute Gasteiger partial charge is 0.353 e. The number of rotatable bonds is 7. The molecule has 0 fully saturated rings. The highest BCUT2D eigenvalue weighted by atomic mass is 16.2. The number of hydrogen-bond acceptors (Lipinski definition) is 4. The molecule has 6 heteroatoms. The Kier molecular flexibility index (Phi) is 5.90.